The van der Waals surface area contributed by atoms with Crippen LogP contribution in [-0.2, 0) is 23.0 Å². The molecule has 0 aliphatic heterocycles. The number of aryl methyl sites for hydroxylation is 3. The van der Waals surface area contributed by atoms with Gasteiger partial charge in [-0.2, -0.15) is 4.98 Å². The van der Waals surface area contributed by atoms with Gasteiger partial charge < -0.3 is 9.42 Å². The van der Waals surface area contributed by atoms with Gasteiger partial charge >= 0.3 is 0 Å². The summed E-state index contributed by atoms with van der Waals surface area (Å²) < 4.78 is 33.3. The molecule has 0 aliphatic rings. The number of hydrogen-bond acceptors (Lipinski definition) is 6. The summed E-state index contributed by atoms with van der Waals surface area (Å²) in [5.41, 5.74) is 2.44. The highest BCUT2D eigenvalue weighted by molar-refractivity contribution is 7.92. The summed E-state index contributed by atoms with van der Waals surface area (Å²) >= 11 is 0. The molecule has 0 atom stereocenters. The van der Waals surface area contributed by atoms with Gasteiger partial charge in [0.05, 0.1) is 11.4 Å². The number of carbonyl (C=O) groups excluding carboxylic acids is 1. The third kappa shape index (κ3) is 4.85. The Bertz CT molecular complexity index is 1150. The molecule has 1 aromatic heterocycles. The Kier molecular flexibility index (Phi) is 6.21. The molecule has 0 aliphatic carbocycles. The second kappa shape index (κ2) is 8.66. The van der Waals surface area contributed by atoms with E-state index in [9.17, 15) is 13.2 Å². The van der Waals surface area contributed by atoms with Crippen molar-refractivity contribution in [2.75, 3.05) is 11.8 Å². The highest BCUT2D eigenvalue weighted by Gasteiger charge is 2.21. The number of sulfonamides is 1. The Morgan fingerprint density at radius 1 is 1.13 bits per heavy atom. The van der Waals surface area contributed by atoms with Crippen LogP contribution in [0, 0.1) is 13.8 Å². The molecule has 0 fully saturated rings. The molecule has 0 bridgehead atoms. The molecule has 158 valence electrons. The Labute approximate surface area is 176 Å². The van der Waals surface area contributed by atoms with Crippen LogP contribution in [0.4, 0.5) is 5.69 Å². The lowest BCUT2D eigenvalue weighted by Crippen LogP contribution is -2.27. The molecule has 1 heterocycles. The standard InChI is InChI=1S/C21H24N4O4S/c1-5-19-22-20(29-23-19)13-25(4)21(26)18-12-17(11-8-15(18)3)30(27,28)24-16-9-6-14(2)7-10-16/h6-12,24H,5,13H2,1-4H3. The molecule has 2 aromatic carbocycles. The molecule has 0 saturated carbocycles. The van der Waals surface area contributed by atoms with Crippen molar-refractivity contribution in [2.45, 2.75) is 38.6 Å². The first-order chi connectivity index (χ1) is 14.2. The van der Waals surface area contributed by atoms with E-state index in [1.165, 1.54) is 17.0 Å². The molecule has 0 unspecified atom stereocenters. The lowest BCUT2D eigenvalue weighted by molar-refractivity contribution is 0.0768. The van der Waals surface area contributed by atoms with Crippen LogP contribution in [0.1, 0.15) is 40.1 Å². The number of nitrogens with one attached hydrogen (secondary N) is 1. The molecule has 1 N–H and O–H groups in total. The Balaban J connectivity index is 1.82. The molecule has 0 radical (unpaired) electrons. The zero-order valence-electron chi connectivity index (χ0n) is 17.3. The topological polar surface area (TPSA) is 105 Å². The number of carbonyl (C=O) groups is 1. The highest BCUT2D eigenvalue weighted by Crippen LogP contribution is 2.21. The van der Waals surface area contributed by atoms with Crippen molar-refractivity contribution >= 4 is 21.6 Å². The van der Waals surface area contributed by atoms with Gasteiger partial charge in [0.25, 0.3) is 15.9 Å². The first kappa shape index (κ1) is 21.5. The largest absolute Gasteiger partial charge is 0.337 e. The molecular weight excluding hydrogens is 404 g/mol. The SMILES string of the molecule is CCc1noc(CN(C)C(=O)c2cc(S(=O)(=O)Nc3ccc(C)cc3)ccc2C)n1. The number of benzene rings is 2. The second-order valence-corrected chi connectivity index (χ2v) is 8.75. The van der Waals surface area contributed by atoms with E-state index in [2.05, 4.69) is 14.9 Å². The number of anilines is 1. The minimum Gasteiger partial charge on any atom is -0.337 e. The van der Waals surface area contributed by atoms with Crippen LogP contribution in [0.5, 0.6) is 0 Å². The Morgan fingerprint density at radius 2 is 1.83 bits per heavy atom. The molecule has 30 heavy (non-hydrogen) atoms. The number of rotatable bonds is 7. The minimum absolute atomic E-state index is 0.0106. The van der Waals surface area contributed by atoms with Gasteiger partial charge in [-0.1, -0.05) is 35.8 Å². The normalized spacial score (nSPS) is 11.3. The van der Waals surface area contributed by atoms with Crippen molar-refractivity contribution in [2.24, 2.45) is 0 Å². The zero-order valence-corrected chi connectivity index (χ0v) is 18.2. The maximum atomic E-state index is 12.9. The first-order valence-electron chi connectivity index (χ1n) is 9.46. The van der Waals surface area contributed by atoms with E-state index in [1.54, 1.807) is 32.2 Å². The van der Waals surface area contributed by atoms with Crippen molar-refractivity contribution in [3.63, 3.8) is 0 Å². The van der Waals surface area contributed by atoms with Gasteiger partial charge in [0.1, 0.15) is 0 Å². The average molecular weight is 429 g/mol. The maximum absolute atomic E-state index is 12.9. The van der Waals surface area contributed by atoms with Gasteiger partial charge in [0, 0.05) is 24.7 Å². The summed E-state index contributed by atoms with van der Waals surface area (Å²) in [5, 5.41) is 3.82. The second-order valence-electron chi connectivity index (χ2n) is 7.07. The van der Waals surface area contributed by atoms with Crippen LogP contribution in [0.3, 0.4) is 0 Å². The van der Waals surface area contributed by atoms with Gasteiger partial charge in [0.15, 0.2) is 5.82 Å². The summed E-state index contributed by atoms with van der Waals surface area (Å²) in [5.74, 6) is 0.554. The third-order valence-corrected chi connectivity index (χ3v) is 5.98. The summed E-state index contributed by atoms with van der Waals surface area (Å²) in [4.78, 5) is 18.6. The van der Waals surface area contributed by atoms with Gasteiger partial charge in [-0.3, -0.25) is 9.52 Å². The molecule has 3 aromatic rings. The van der Waals surface area contributed by atoms with E-state index in [0.717, 1.165) is 5.56 Å². The van der Waals surface area contributed by atoms with E-state index in [0.29, 0.717) is 35.0 Å². The monoisotopic (exact) mass is 428 g/mol. The zero-order chi connectivity index (χ0) is 21.9. The predicted octanol–water partition coefficient (Wildman–Crippen LogP) is 3.32. The fourth-order valence-corrected chi connectivity index (χ4v) is 3.90. The van der Waals surface area contributed by atoms with Crippen molar-refractivity contribution in [3.8, 4) is 0 Å². The van der Waals surface area contributed by atoms with E-state index in [4.69, 9.17) is 4.52 Å². The summed E-state index contributed by atoms with van der Waals surface area (Å²) in [6, 6.07) is 11.5. The van der Waals surface area contributed by atoms with E-state index < -0.39 is 10.0 Å². The van der Waals surface area contributed by atoms with E-state index in [-0.39, 0.29) is 17.3 Å². The smallest absolute Gasteiger partial charge is 0.261 e. The number of hydrogen-bond donors (Lipinski definition) is 1. The summed E-state index contributed by atoms with van der Waals surface area (Å²) in [7, 11) is -2.24. The minimum atomic E-state index is -3.85. The van der Waals surface area contributed by atoms with Crippen molar-refractivity contribution in [3.05, 3.63) is 70.9 Å². The van der Waals surface area contributed by atoms with Crippen LogP contribution >= 0.6 is 0 Å². The highest BCUT2D eigenvalue weighted by atomic mass is 32.2. The third-order valence-electron chi connectivity index (χ3n) is 4.60. The quantitative estimate of drug-likeness (QED) is 0.619. The molecule has 3 rings (SSSR count). The maximum Gasteiger partial charge on any atom is 0.261 e. The van der Waals surface area contributed by atoms with Crippen molar-refractivity contribution < 1.29 is 17.7 Å². The number of nitrogens with zero attached hydrogens (tertiary/aromatic N) is 3. The van der Waals surface area contributed by atoms with E-state index >= 15 is 0 Å². The molecular formula is C21H24N4O4S. The fourth-order valence-electron chi connectivity index (χ4n) is 2.81. The first-order valence-corrected chi connectivity index (χ1v) is 10.9. The lowest BCUT2D eigenvalue weighted by Gasteiger charge is -2.17. The number of amides is 1. The van der Waals surface area contributed by atoms with Gasteiger partial charge in [-0.25, -0.2) is 8.42 Å². The van der Waals surface area contributed by atoms with Crippen LogP contribution in [0.15, 0.2) is 51.9 Å². The molecule has 0 spiro atoms. The average Bonchev–Trinajstić information content (AvgIpc) is 3.16. The number of aromatic nitrogens is 2. The molecule has 8 nitrogen and oxygen atoms in total. The summed E-state index contributed by atoms with van der Waals surface area (Å²) in [6.07, 6.45) is 0.633. The van der Waals surface area contributed by atoms with Gasteiger partial charge in [-0.15, -0.1) is 0 Å². The van der Waals surface area contributed by atoms with Crippen LogP contribution < -0.4 is 4.72 Å². The van der Waals surface area contributed by atoms with E-state index in [1.807, 2.05) is 26.0 Å². The van der Waals surface area contributed by atoms with Gasteiger partial charge in [-0.05, 0) is 43.7 Å². The summed E-state index contributed by atoms with van der Waals surface area (Å²) in [6.45, 7) is 5.71. The van der Waals surface area contributed by atoms with Crippen molar-refractivity contribution in [1.29, 1.82) is 0 Å². The molecule has 1 amide bonds. The van der Waals surface area contributed by atoms with Crippen molar-refractivity contribution in [1.82, 2.24) is 15.0 Å². The van der Waals surface area contributed by atoms with Crippen LogP contribution in [0.25, 0.3) is 0 Å². The predicted molar refractivity (Wildman–Crippen MR) is 113 cm³/mol. The molecule has 0 saturated heterocycles. The van der Waals surface area contributed by atoms with Crippen LogP contribution in [-0.4, -0.2) is 36.4 Å². The fraction of sp³-hybridized carbons (Fsp3) is 0.286. The lowest BCUT2D eigenvalue weighted by atomic mass is 10.1. The Hall–Kier alpha value is -3.20. The van der Waals surface area contributed by atoms with Gasteiger partial charge in [0.2, 0.25) is 5.89 Å². The Morgan fingerprint density at radius 3 is 2.47 bits per heavy atom. The van der Waals surface area contributed by atoms with Crippen LogP contribution in [0.2, 0.25) is 0 Å². The molecule has 9 heteroatoms.